The quantitative estimate of drug-likeness (QED) is 0.689. The van der Waals surface area contributed by atoms with E-state index >= 15 is 0 Å². The van der Waals surface area contributed by atoms with Gasteiger partial charge in [-0.15, -0.1) is 0 Å². The fourth-order valence-electron chi connectivity index (χ4n) is 2.71. The first-order valence-electron chi connectivity index (χ1n) is 7.44. The molecule has 3 nitrogen and oxygen atoms in total. The first-order chi connectivity index (χ1) is 10.1. The van der Waals surface area contributed by atoms with Crippen molar-refractivity contribution in [3.05, 3.63) is 27.7 Å². The number of halogens is 2. The molecule has 0 atom stereocenters. The molecule has 0 bridgehead atoms. The van der Waals surface area contributed by atoms with Crippen molar-refractivity contribution in [3.8, 4) is 0 Å². The van der Waals surface area contributed by atoms with Gasteiger partial charge in [-0.25, -0.2) is 0 Å². The summed E-state index contributed by atoms with van der Waals surface area (Å²) in [6, 6.07) is 6.21. The Balaban J connectivity index is 1.80. The van der Waals surface area contributed by atoms with E-state index in [0.717, 1.165) is 10.2 Å². The Hall–Kier alpha value is -0.360. The molecule has 0 spiro atoms. The number of hydrogen-bond donors (Lipinski definition) is 3. The van der Waals surface area contributed by atoms with E-state index in [1.165, 1.54) is 38.9 Å². The van der Waals surface area contributed by atoms with Crippen molar-refractivity contribution in [2.24, 2.45) is 0 Å². The van der Waals surface area contributed by atoms with E-state index in [0.29, 0.717) is 16.2 Å². The molecule has 2 rings (SSSR count). The van der Waals surface area contributed by atoms with E-state index in [1.807, 2.05) is 18.2 Å². The van der Waals surface area contributed by atoms with Crippen LogP contribution in [-0.2, 0) is 0 Å². The minimum absolute atomic E-state index is 0.472. The molecular formula is C15H22BrClN3S+. The summed E-state index contributed by atoms with van der Waals surface area (Å²) in [6.45, 7) is 5.99. The molecule has 3 N–H and O–H groups in total. The molecule has 6 heteroatoms. The minimum Gasteiger partial charge on any atom is -0.359 e. The van der Waals surface area contributed by atoms with Crippen molar-refractivity contribution < 1.29 is 4.90 Å². The van der Waals surface area contributed by atoms with Gasteiger partial charge in [-0.2, -0.15) is 0 Å². The highest BCUT2D eigenvalue weighted by Gasteiger charge is 2.21. The summed E-state index contributed by atoms with van der Waals surface area (Å²) in [6.07, 6.45) is 3.60. The molecule has 1 fully saturated rings. The van der Waals surface area contributed by atoms with E-state index in [2.05, 4.69) is 33.5 Å². The minimum atomic E-state index is 0.472. The second-order valence-electron chi connectivity index (χ2n) is 5.50. The number of benzene rings is 1. The van der Waals surface area contributed by atoms with Gasteiger partial charge in [0.15, 0.2) is 5.11 Å². The van der Waals surface area contributed by atoms with Gasteiger partial charge in [0.25, 0.3) is 0 Å². The lowest BCUT2D eigenvalue weighted by Gasteiger charge is -2.30. The molecule has 21 heavy (non-hydrogen) atoms. The van der Waals surface area contributed by atoms with Gasteiger partial charge in [0.1, 0.15) is 0 Å². The van der Waals surface area contributed by atoms with E-state index < -0.39 is 0 Å². The van der Waals surface area contributed by atoms with Gasteiger partial charge in [-0.3, -0.25) is 0 Å². The van der Waals surface area contributed by atoms with Crippen LogP contribution in [0.4, 0.5) is 5.69 Å². The summed E-state index contributed by atoms with van der Waals surface area (Å²) < 4.78 is 0.961. The molecule has 116 valence electrons. The van der Waals surface area contributed by atoms with Gasteiger partial charge < -0.3 is 15.5 Å². The molecule has 1 aromatic rings. The van der Waals surface area contributed by atoms with Crippen LogP contribution in [0.3, 0.4) is 0 Å². The van der Waals surface area contributed by atoms with Crippen LogP contribution in [-0.4, -0.2) is 30.8 Å². The number of thiocarbonyl (C=S) groups is 1. The van der Waals surface area contributed by atoms with Gasteiger partial charge in [-0.05, 0) is 36.8 Å². The number of nitrogens with one attached hydrogen (secondary N) is 3. The molecule has 1 aliphatic heterocycles. The maximum Gasteiger partial charge on any atom is 0.171 e. The summed E-state index contributed by atoms with van der Waals surface area (Å²) in [5, 5.41) is 7.91. The third-order valence-electron chi connectivity index (χ3n) is 3.81. The molecular weight excluding hydrogens is 370 g/mol. The van der Waals surface area contributed by atoms with Crippen molar-refractivity contribution in [2.45, 2.75) is 32.2 Å². The lowest BCUT2D eigenvalue weighted by Crippen LogP contribution is -3.13. The average Bonchev–Trinajstić information content (AvgIpc) is 2.44. The van der Waals surface area contributed by atoms with E-state index in [9.17, 15) is 0 Å². The van der Waals surface area contributed by atoms with Gasteiger partial charge >= 0.3 is 0 Å². The Morgan fingerprint density at radius 3 is 2.76 bits per heavy atom. The third kappa shape index (κ3) is 5.40. The molecule has 0 radical (unpaired) electrons. The number of piperidine rings is 1. The highest BCUT2D eigenvalue weighted by Crippen LogP contribution is 2.25. The molecule has 1 aliphatic rings. The van der Waals surface area contributed by atoms with Crippen LogP contribution in [0, 0.1) is 0 Å². The SMILES string of the molecule is CCC[NH+]1CCC(NC(=S)Nc2ccc(Br)cc2Cl)CC1. The Bertz CT molecular complexity index is 490. The summed E-state index contributed by atoms with van der Waals surface area (Å²) >= 11 is 15.0. The van der Waals surface area contributed by atoms with Crippen molar-refractivity contribution in [2.75, 3.05) is 25.0 Å². The Labute approximate surface area is 145 Å². The topological polar surface area (TPSA) is 28.5 Å². The van der Waals surface area contributed by atoms with Crippen molar-refractivity contribution >= 4 is 50.5 Å². The van der Waals surface area contributed by atoms with Crippen molar-refractivity contribution in [3.63, 3.8) is 0 Å². The van der Waals surface area contributed by atoms with Gasteiger partial charge in [0.2, 0.25) is 0 Å². The Morgan fingerprint density at radius 2 is 2.14 bits per heavy atom. The summed E-state index contributed by atoms with van der Waals surface area (Å²) in [4.78, 5) is 1.71. The van der Waals surface area contributed by atoms with Crippen molar-refractivity contribution in [1.29, 1.82) is 0 Å². The highest BCUT2D eigenvalue weighted by molar-refractivity contribution is 9.10. The summed E-state index contributed by atoms with van der Waals surface area (Å²) in [7, 11) is 0. The second-order valence-corrected chi connectivity index (χ2v) is 7.23. The standard InChI is InChI=1S/C15H21BrClN3S/c1-2-7-20-8-5-12(6-9-20)18-15(21)19-14-4-3-11(16)10-13(14)17/h3-4,10,12H,2,5-9H2,1H3,(H2,18,19,21)/p+1. The van der Waals surface area contributed by atoms with Crippen LogP contribution in [0.1, 0.15) is 26.2 Å². The van der Waals surface area contributed by atoms with E-state index in [1.54, 1.807) is 4.90 Å². The lowest BCUT2D eigenvalue weighted by molar-refractivity contribution is -0.905. The number of anilines is 1. The second kappa shape index (κ2) is 8.32. The smallest absolute Gasteiger partial charge is 0.171 e. The zero-order chi connectivity index (χ0) is 15.2. The predicted octanol–water partition coefficient (Wildman–Crippen LogP) is 2.85. The summed E-state index contributed by atoms with van der Waals surface area (Å²) in [5.41, 5.74) is 0.839. The normalized spacial score (nSPS) is 21.9. The van der Waals surface area contributed by atoms with E-state index in [-0.39, 0.29) is 0 Å². The predicted molar refractivity (Wildman–Crippen MR) is 97.4 cm³/mol. The zero-order valence-corrected chi connectivity index (χ0v) is 15.4. The zero-order valence-electron chi connectivity index (χ0n) is 12.2. The molecule has 1 aromatic carbocycles. The average molecular weight is 392 g/mol. The number of quaternary nitrogens is 1. The lowest BCUT2D eigenvalue weighted by atomic mass is 10.1. The van der Waals surface area contributed by atoms with Gasteiger partial charge in [-0.1, -0.05) is 34.5 Å². The molecule has 1 saturated heterocycles. The summed E-state index contributed by atoms with van der Waals surface area (Å²) in [5.74, 6) is 0. The monoisotopic (exact) mass is 390 g/mol. The van der Waals surface area contributed by atoms with Crippen LogP contribution in [0.5, 0.6) is 0 Å². The first-order valence-corrected chi connectivity index (χ1v) is 9.02. The molecule has 0 aromatic heterocycles. The highest BCUT2D eigenvalue weighted by atomic mass is 79.9. The maximum atomic E-state index is 6.19. The molecule has 1 heterocycles. The van der Waals surface area contributed by atoms with Gasteiger partial charge in [0.05, 0.1) is 30.3 Å². The molecule has 0 saturated carbocycles. The Morgan fingerprint density at radius 1 is 1.43 bits per heavy atom. The van der Waals surface area contributed by atoms with Crippen LogP contribution in [0.2, 0.25) is 5.02 Å². The molecule has 0 amide bonds. The Kier molecular flexibility index (Phi) is 6.74. The van der Waals surface area contributed by atoms with Crippen LogP contribution in [0.25, 0.3) is 0 Å². The van der Waals surface area contributed by atoms with Crippen LogP contribution < -0.4 is 15.5 Å². The first kappa shape index (κ1) is 17.0. The maximum absolute atomic E-state index is 6.19. The van der Waals surface area contributed by atoms with Crippen LogP contribution >= 0.6 is 39.7 Å². The largest absolute Gasteiger partial charge is 0.359 e. The van der Waals surface area contributed by atoms with E-state index in [4.69, 9.17) is 23.8 Å². The van der Waals surface area contributed by atoms with Crippen LogP contribution in [0.15, 0.2) is 22.7 Å². The van der Waals surface area contributed by atoms with Gasteiger partial charge in [0, 0.05) is 23.4 Å². The number of hydrogen-bond acceptors (Lipinski definition) is 1. The van der Waals surface area contributed by atoms with Crippen molar-refractivity contribution in [1.82, 2.24) is 5.32 Å². The molecule has 0 unspecified atom stereocenters. The molecule has 0 aliphatic carbocycles. The fraction of sp³-hybridized carbons (Fsp3) is 0.533. The number of likely N-dealkylation sites (tertiary alicyclic amines) is 1. The fourth-order valence-corrected chi connectivity index (χ4v) is 3.71. The number of rotatable bonds is 4. The third-order valence-corrected chi connectivity index (χ3v) is 4.84.